The number of nitrogens with one attached hydrogen (secondary N) is 2. The summed E-state index contributed by atoms with van der Waals surface area (Å²) < 4.78 is 5.25. The molecule has 0 aromatic heterocycles. The fourth-order valence-electron chi connectivity index (χ4n) is 0.597. The highest BCUT2D eigenvalue weighted by Gasteiger charge is 1.84. The molecular weight excluding hydrogens is 128 g/mol. The molecule has 10 heavy (non-hydrogen) atoms. The van der Waals surface area contributed by atoms with Gasteiger partial charge in [0.25, 0.3) is 0 Å². The quantitative estimate of drug-likeness (QED) is 0.489. The van der Waals surface area contributed by atoms with Gasteiger partial charge in [-0.1, -0.05) is 6.92 Å². The lowest BCUT2D eigenvalue weighted by Gasteiger charge is -2.02. The Morgan fingerprint density at radius 3 is 2.50 bits per heavy atom. The molecule has 3 nitrogen and oxygen atoms in total. The molecule has 0 heterocycles. The molecule has 0 aliphatic carbocycles. The molecule has 0 aliphatic rings. The first kappa shape index (κ1) is 9.88. The predicted octanol–water partition coefficient (Wildman–Crippen LogP) is -0.168. The predicted molar refractivity (Wildman–Crippen MR) is 43.3 cm³/mol. The van der Waals surface area contributed by atoms with Crippen molar-refractivity contribution >= 4 is 0 Å². The SMILES string of the molecule is CCNCCOCCNC. The molecule has 0 bridgehead atoms. The number of hydrogen-bond acceptors (Lipinski definition) is 3. The van der Waals surface area contributed by atoms with E-state index < -0.39 is 0 Å². The van der Waals surface area contributed by atoms with Gasteiger partial charge in [0.1, 0.15) is 0 Å². The van der Waals surface area contributed by atoms with Crippen LogP contribution in [0.2, 0.25) is 0 Å². The zero-order chi connectivity index (χ0) is 7.66. The van der Waals surface area contributed by atoms with Crippen molar-refractivity contribution in [3.05, 3.63) is 0 Å². The van der Waals surface area contributed by atoms with E-state index in [1.807, 2.05) is 7.05 Å². The average molecular weight is 146 g/mol. The second-order valence-corrected chi connectivity index (χ2v) is 2.07. The normalized spacial score (nSPS) is 10.2. The molecule has 0 spiro atoms. The average Bonchev–Trinajstić information content (AvgIpc) is 1.97. The third-order valence-corrected chi connectivity index (χ3v) is 1.17. The molecular formula is C7H18N2O. The molecule has 0 amide bonds. The Morgan fingerprint density at radius 2 is 1.90 bits per heavy atom. The van der Waals surface area contributed by atoms with Crippen molar-refractivity contribution in [2.75, 3.05) is 39.9 Å². The zero-order valence-corrected chi connectivity index (χ0v) is 6.94. The maximum atomic E-state index is 5.25. The summed E-state index contributed by atoms with van der Waals surface area (Å²) in [7, 11) is 1.92. The lowest BCUT2D eigenvalue weighted by atomic mass is 10.6. The minimum absolute atomic E-state index is 0.807. The highest BCUT2D eigenvalue weighted by atomic mass is 16.5. The van der Waals surface area contributed by atoms with Gasteiger partial charge in [0.15, 0.2) is 0 Å². The molecule has 0 aromatic rings. The van der Waals surface area contributed by atoms with E-state index in [9.17, 15) is 0 Å². The summed E-state index contributed by atoms with van der Waals surface area (Å²) in [4.78, 5) is 0. The zero-order valence-electron chi connectivity index (χ0n) is 6.94. The van der Waals surface area contributed by atoms with Crippen LogP contribution in [0.25, 0.3) is 0 Å². The van der Waals surface area contributed by atoms with Gasteiger partial charge in [-0.05, 0) is 13.6 Å². The third-order valence-electron chi connectivity index (χ3n) is 1.17. The van der Waals surface area contributed by atoms with Gasteiger partial charge >= 0.3 is 0 Å². The molecule has 0 aromatic carbocycles. The van der Waals surface area contributed by atoms with Crippen molar-refractivity contribution in [2.45, 2.75) is 6.92 Å². The molecule has 0 unspecified atom stereocenters. The second-order valence-electron chi connectivity index (χ2n) is 2.07. The monoisotopic (exact) mass is 146 g/mol. The van der Waals surface area contributed by atoms with E-state index in [0.29, 0.717) is 0 Å². The molecule has 0 aliphatic heterocycles. The summed E-state index contributed by atoms with van der Waals surface area (Å²) in [6.07, 6.45) is 0. The van der Waals surface area contributed by atoms with Gasteiger partial charge in [-0.2, -0.15) is 0 Å². The van der Waals surface area contributed by atoms with Crippen molar-refractivity contribution in [1.29, 1.82) is 0 Å². The van der Waals surface area contributed by atoms with E-state index in [2.05, 4.69) is 17.6 Å². The van der Waals surface area contributed by atoms with Gasteiger partial charge in [-0.3, -0.25) is 0 Å². The van der Waals surface area contributed by atoms with Gasteiger partial charge in [0.2, 0.25) is 0 Å². The molecule has 0 fully saturated rings. The van der Waals surface area contributed by atoms with Crippen LogP contribution in [0.1, 0.15) is 6.92 Å². The Labute approximate surface area is 63.1 Å². The van der Waals surface area contributed by atoms with Crippen molar-refractivity contribution in [1.82, 2.24) is 10.6 Å². The smallest absolute Gasteiger partial charge is 0.0591 e. The Morgan fingerprint density at radius 1 is 1.20 bits per heavy atom. The molecule has 3 heteroatoms. The first-order valence-corrected chi connectivity index (χ1v) is 3.85. The fraction of sp³-hybridized carbons (Fsp3) is 1.00. The minimum atomic E-state index is 0.807. The first-order valence-electron chi connectivity index (χ1n) is 3.85. The lowest BCUT2D eigenvalue weighted by Crippen LogP contribution is -2.21. The highest BCUT2D eigenvalue weighted by molar-refractivity contribution is 4.41. The van der Waals surface area contributed by atoms with Crippen LogP contribution in [-0.2, 0) is 4.74 Å². The minimum Gasteiger partial charge on any atom is -0.379 e. The molecule has 0 rings (SSSR count). The topological polar surface area (TPSA) is 33.3 Å². The Balaban J connectivity index is 2.65. The van der Waals surface area contributed by atoms with Gasteiger partial charge in [-0.25, -0.2) is 0 Å². The number of hydrogen-bond donors (Lipinski definition) is 2. The number of likely N-dealkylation sites (N-methyl/N-ethyl adjacent to an activating group) is 2. The largest absolute Gasteiger partial charge is 0.379 e. The van der Waals surface area contributed by atoms with Crippen LogP contribution < -0.4 is 10.6 Å². The van der Waals surface area contributed by atoms with E-state index in [0.717, 1.165) is 32.8 Å². The molecule has 0 saturated heterocycles. The van der Waals surface area contributed by atoms with Crippen molar-refractivity contribution in [2.24, 2.45) is 0 Å². The summed E-state index contributed by atoms with van der Waals surface area (Å²) in [6.45, 7) is 6.63. The van der Waals surface area contributed by atoms with Crippen LogP contribution in [0.5, 0.6) is 0 Å². The Bertz CT molecular complexity index is 51.6. The number of rotatable bonds is 7. The van der Waals surface area contributed by atoms with Crippen LogP contribution in [0.4, 0.5) is 0 Å². The van der Waals surface area contributed by atoms with Gasteiger partial charge < -0.3 is 15.4 Å². The van der Waals surface area contributed by atoms with Crippen LogP contribution in [0.15, 0.2) is 0 Å². The summed E-state index contributed by atoms with van der Waals surface area (Å²) in [5.41, 5.74) is 0. The standard InChI is InChI=1S/C7H18N2O/c1-3-9-5-7-10-6-4-8-2/h8-9H,3-7H2,1-2H3. The molecule has 0 radical (unpaired) electrons. The maximum absolute atomic E-state index is 5.25. The van der Waals surface area contributed by atoms with Crippen molar-refractivity contribution in [3.8, 4) is 0 Å². The van der Waals surface area contributed by atoms with Gasteiger partial charge in [0, 0.05) is 13.1 Å². The Kier molecular flexibility index (Phi) is 8.77. The van der Waals surface area contributed by atoms with E-state index in [1.54, 1.807) is 0 Å². The number of ether oxygens (including phenoxy) is 1. The van der Waals surface area contributed by atoms with E-state index in [-0.39, 0.29) is 0 Å². The lowest BCUT2D eigenvalue weighted by molar-refractivity contribution is 0.139. The van der Waals surface area contributed by atoms with Crippen LogP contribution >= 0.6 is 0 Å². The summed E-state index contributed by atoms with van der Waals surface area (Å²) in [5.74, 6) is 0. The summed E-state index contributed by atoms with van der Waals surface area (Å²) in [6, 6.07) is 0. The summed E-state index contributed by atoms with van der Waals surface area (Å²) >= 11 is 0. The summed E-state index contributed by atoms with van der Waals surface area (Å²) in [5, 5.41) is 6.19. The van der Waals surface area contributed by atoms with Crippen LogP contribution in [-0.4, -0.2) is 39.9 Å². The van der Waals surface area contributed by atoms with Crippen molar-refractivity contribution < 1.29 is 4.74 Å². The fourth-order valence-corrected chi connectivity index (χ4v) is 0.597. The molecule has 2 N–H and O–H groups in total. The van der Waals surface area contributed by atoms with Gasteiger partial charge in [0.05, 0.1) is 13.2 Å². The first-order chi connectivity index (χ1) is 4.91. The van der Waals surface area contributed by atoms with Gasteiger partial charge in [-0.15, -0.1) is 0 Å². The maximum Gasteiger partial charge on any atom is 0.0591 e. The van der Waals surface area contributed by atoms with E-state index in [1.165, 1.54) is 0 Å². The second kappa shape index (κ2) is 8.88. The van der Waals surface area contributed by atoms with E-state index >= 15 is 0 Å². The van der Waals surface area contributed by atoms with Crippen LogP contribution in [0.3, 0.4) is 0 Å². The highest BCUT2D eigenvalue weighted by Crippen LogP contribution is 1.70. The van der Waals surface area contributed by atoms with E-state index in [4.69, 9.17) is 4.74 Å². The van der Waals surface area contributed by atoms with Crippen LogP contribution in [0, 0.1) is 0 Å². The molecule has 0 saturated carbocycles. The Hall–Kier alpha value is -0.120. The van der Waals surface area contributed by atoms with Crippen molar-refractivity contribution in [3.63, 3.8) is 0 Å². The molecule has 0 atom stereocenters. The third kappa shape index (κ3) is 7.88. The molecule has 62 valence electrons.